The van der Waals surface area contributed by atoms with Gasteiger partial charge in [0.1, 0.15) is 5.82 Å². The number of pyridine rings is 1. The van der Waals surface area contributed by atoms with Crippen LogP contribution in [-0.4, -0.2) is 25.6 Å². The Balaban J connectivity index is 2.23. The highest BCUT2D eigenvalue weighted by Gasteiger charge is 2.12. The Morgan fingerprint density at radius 1 is 1.23 bits per heavy atom. The third-order valence-corrected chi connectivity index (χ3v) is 3.60. The van der Waals surface area contributed by atoms with Gasteiger partial charge in [-0.2, -0.15) is 0 Å². The number of aromatic nitrogens is 1. The van der Waals surface area contributed by atoms with Crippen molar-refractivity contribution in [2.24, 2.45) is 0 Å². The predicted octanol–water partition coefficient (Wildman–Crippen LogP) is 2.67. The van der Waals surface area contributed by atoms with Crippen LogP contribution < -0.4 is 10.0 Å². The molecule has 6 nitrogen and oxygen atoms in total. The highest BCUT2D eigenvalue weighted by atomic mass is 35.5. The van der Waals surface area contributed by atoms with Crippen molar-refractivity contribution in [3.63, 3.8) is 0 Å². The maximum atomic E-state index is 12.2. The van der Waals surface area contributed by atoms with E-state index >= 15 is 0 Å². The van der Waals surface area contributed by atoms with Crippen LogP contribution in [0, 0.1) is 6.92 Å². The van der Waals surface area contributed by atoms with Gasteiger partial charge in [-0.15, -0.1) is 0 Å². The minimum absolute atomic E-state index is 0.147. The number of amides is 1. The lowest BCUT2D eigenvalue weighted by molar-refractivity contribution is 0.102. The molecule has 1 aromatic heterocycles. The van der Waals surface area contributed by atoms with E-state index in [1.165, 1.54) is 18.2 Å². The number of carbonyl (C=O) groups excluding carboxylic acids is 1. The second-order valence-electron chi connectivity index (χ2n) is 4.74. The van der Waals surface area contributed by atoms with Crippen LogP contribution in [0.2, 0.25) is 5.02 Å². The number of hydrogen-bond acceptors (Lipinski definition) is 4. The fourth-order valence-electron chi connectivity index (χ4n) is 1.67. The number of aryl methyl sites for hydroxylation is 1. The molecule has 116 valence electrons. The number of anilines is 2. The zero-order valence-corrected chi connectivity index (χ0v) is 13.5. The molecular weight excluding hydrogens is 326 g/mol. The fourth-order valence-corrected chi connectivity index (χ4v) is 2.46. The number of nitrogens with zero attached hydrogens (tertiary/aromatic N) is 1. The van der Waals surface area contributed by atoms with Crippen LogP contribution in [0.25, 0.3) is 0 Å². The molecule has 1 aromatic carbocycles. The molecule has 0 saturated carbocycles. The number of sulfonamides is 1. The molecule has 8 heteroatoms. The molecule has 1 amide bonds. The molecule has 0 fully saturated rings. The number of halogens is 1. The lowest BCUT2D eigenvalue weighted by Crippen LogP contribution is -2.14. The first kappa shape index (κ1) is 16.3. The van der Waals surface area contributed by atoms with Crippen LogP contribution in [0.15, 0.2) is 36.5 Å². The number of hydrogen-bond donors (Lipinski definition) is 2. The Hall–Kier alpha value is -2.12. The molecule has 0 radical (unpaired) electrons. The van der Waals surface area contributed by atoms with Crippen molar-refractivity contribution in [3.8, 4) is 0 Å². The van der Waals surface area contributed by atoms with Gasteiger partial charge in [0.15, 0.2) is 0 Å². The molecule has 0 aliphatic heterocycles. The average Bonchev–Trinajstić information content (AvgIpc) is 2.42. The normalized spacial score (nSPS) is 11.0. The summed E-state index contributed by atoms with van der Waals surface area (Å²) in [5.74, 6) is -0.00672. The minimum Gasteiger partial charge on any atom is -0.307 e. The molecule has 0 aliphatic rings. The smallest absolute Gasteiger partial charge is 0.256 e. The standard InChI is InChI=1S/C14H14ClN3O3S/c1-9-3-6-13(16-8-9)17-14(19)10-4-5-11(15)12(7-10)18-22(2,20)21/h3-8,18H,1-2H3,(H,16,17,19). The number of benzene rings is 1. The summed E-state index contributed by atoms with van der Waals surface area (Å²) in [6, 6.07) is 7.82. The first-order valence-corrected chi connectivity index (χ1v) is 8.53. The molecule has 2 N–H and O–H groups in total. The van der Waals surface area contributed by atoms with E-state index in [0.29, 0.717) is 5.82 Å². The van der Waals surface area contributed by atoms with Crippen molar-refractivity contribution in [1.82, 2.24) is 4.98 Å². The molecule has 0 saturated heterocycles. The second-order valence-corrected chi connectivity index (χ2v) is 6.90. The summed E-state index contributed by atoms with van der Waals surface area (Å²) in [4.78, 5) is 16.2. The lowest BCUT2D eigenvalue weighted by Gasteiger charge is -2.09. The Morgan fingerprint density at radius 3 is 2.55 bits per heavy atom. The molecular formula is C14H14ClN3O3S. The molecule has 2 rings (SSSR count). The maximum Gasteiger partial charge on any atom is 0.256 e. The molecule has 1 heterocycles. The number of rotatable bonds is 4. The van der Waals surface area contributed by atoms with Crippen LogP contribution in [0.3, 0.4) is 0 Å². The van der Waals surface area contributed by atoms with E-state index in [-0.39, 0.29) is 16.3 Å². The summed E-state index contributed by atoms with van der Waals surface area (Å²) in [5.41, 5.74) is 1.38. The molecule has 0 atom stereocenters. The number of nitrogens with one attached hydrogen (secondary N) is 2. The van der Waals surface area contributed by atoms with Crippen LogP contribution in [0.4, 0.5) is 11.5 Å². The van der Waals surface area contributed by atoms with Gasteiger partial charge in [-0.05, 0) is 36.8 Å². The van der Waals surface area contributed by atoms with Crippen molar-refractivity contribution < 1.29 is 13.2 Å². The Kier molecular flexibility index (Phi) is 4.68. The van der Waals surface area contributed by atoms with Crippen molar-refractivity contribution in [1.29, 1.82) is 0 Å². The minimum atomic E-state index is -3.48. The third-order valence-electron chi connectivity index (χ3n) is 2.68. The SMILES string of the molecule is Cc1ccc(NC(=O)c2ccc(Cl)c(NS(C)(=O)=O)c2)nc1. The lowest BCUT2D eigenvalue weighted by atomic mass is 10.2. The van der Waals surface area contributed by atoms with Gasteiger partial charge in [0.2, 0.25) is 10.0 Å². The summed E-state index contributed by atoms with van der Waals surface area (Å²) in [6.45, 7) is 1.89. The summed E-state index contributed by atoms with van der Waals surface area (Å²) >= 11 is 5.91. The average molecular weight is 340 g/mol. The summed E-state index contributed by atoms with van der Waals surface area (Å²) in [6.07, 6.45) is 2.64. The first-order chi connectivity index (χ1) is 10.2. The summed E-state index contributed by atoms with van der Waals surface area (Å²) in [7, 11) is -3.48. The van der Waals surface area contributed by atoms with Crippen LogP contribution in [-0.2, 0) is 10.0 Å². The van der Waals surface area contributed by atoms with Gasteiger partial charge in [0.25, 0.3) is 5.91 Å². The van der Waals surface area contributed by atoms with Gasteiger partial charge in [0.05, 0.1) is 17.0 Å². The highest BCUT2D eigenvalue weighted by Crippen LogP contribution is 2.24. The summed E-state index contributed by atoms with van der Waals surface area (Å²) < 4.78 is 24.8. The van der Waals surface area contributed by atoms with Crippen LogP contribution in [0.1, 0.15) is 15.9 Å². The van der Waals surface area contributed by atoms with Crippen molar-refractivity contribution in [3.05, 3.63) is 52.7 Å². The van der Waals surface area contributed by atoms with E-state index in [9.17, 15) is 13.2 Å². The quantitative estimate of drug-likeness (QED) is 0.896. The molecule has 22 heavy (non-hydrogen) atoms. The van der Waals surface area contributed by atoms with Crippen molar-refractivity contribution in [2.75, 3.05) is 16.3 Å². The van der Waals surface area contributed by atoms with Gasteiger partial charge in [-0.3, -0.25) is 9.52 Å². The Bertz CT molecular complexity index is 805. The van der Waals surface area contributed by atoms with E-state index in [2.05, 4.69) is 15.0 Å². The zero-order valence-electron chi connectivity index (χ0n) is 11.9. The van der Waals surface area contributed by atoms with Crippen LogP contribution in [0.5, 0.6) is 0 Å². The first-order valence-electron chi connectivity index (χ1n) is 6.26. The van der Waals surface area contributed by atoms with Gasteiger partial charge in [0, 0.05) is 11.8 Å². The highest BCUT2D eigenvalue weighted by molar-refractivity contribution is 7.92. The molecule has 0 spiro atoms. The van der Waals surface area contributed by atoms with Gasteiger partial charge < -0.3 is 5.32 Å². The molecule has 2 aromatic rings. The molecule has 0 bridgehead atoms. The van der Waals surface area contributed by atoms with Gasteiger partial charge in [-0.25, -0.2) is 13.4 Å². The van der Waals surface area contributed by atoms with E-state index in [0.717, 1.165) is 11.8 Å². The van der Waals surface area contributed by atoms with Crippen molar-refractivity contribution in [2.45, 2.75) is 6.92 Å². The van der Waals surface area contributed by atoms with E-state index in [1.54, 1.807) is 12.3 Å². The molecule has 0 unspecified atom stereocenters. The second kappa shape index (κ2) is 6.33. The summed E-state index contributed by atoms with van der Waals surface area (Å²) in [5, 5.41) is 2.83. The monoisotopic (exact) mass is 339 g/mol. The third kappa shape index (κ3) is 4.44. The van der Waals surface area contributed by atoms with E-state index < -0.39 is 15.9 Å². The van der Waals surface area contributed by atoms with Crippen LogP contribution >= 0.6 is 11.6 Å². The van der Waals surface area contributed by atoms with Gasteiger partial charge in [-0.1, -0.05) is 17.7 Å². The maximum absolute atomic E-state index is 12.2. The fraction of sp³-hybridized carbons (Fsp3) is 0.143. The Labute approximate surface area is 133 Å². The largest absolute Gasteiger partial charge is 0.307 e. The van der Waals surface area contributed by atoms with Crippen molar-refractivity contribution >= 4 is 39.0 Å². The Morgan fingerprint density at radius 2 is 1.95 bits per heavy atom. The van der Waals surface area contributed by atoms with E-state index in [1.807, 2.05) is 13.0 Å². The zero-order chi connectivity index (χ0) is 16.3. The molecule has 0 aliphatic carbocycles. The predicted molar refractivity (Wildman–Crippen MR) is 86.8 cm³/mol. The number of carbonyl (C=O) groups is 1. The van der Waals surface area contributed by atoms with Gasteiger partial charge >= 0.3 is 0 Å². The van der Waals surface area contributed by atoms with E-state index in [4.69, 9.17) is 11.6 Å². The topological polar surface area (TPSA) is 88.2 Å².